The zero-order valence-corrected chi connectivity index (χ0v) is 11.5. The maximum absolute atomic E-state index is 5.17. The van der Waals surface area contributed by atoms with Gasteiger partial charge in [-0.25, -0.2) is 0 Å². The van der Waals surface area contributed by atoms with E-state index in [-0.39, 0.29) is 11.5 Å². The van der Waals surface area contributed by atoms with Crippen LogP contribution in [-0.4, -0.2) is 18.5 Å². The van der Waals surface area contributed by atoms with Crippen LogP contribution in [0.3, 0.4) is 0 Å². The third-order valence-corrected chi connectivity index (χ3v) is 3.11. The summed E-state index contributed by atoms with van der Waals surface area (Å²) in [5.74, 6) is 5.17. The zero-order chi connectivity index (χ0) is 13.1. The maximum Gasteiger partial charge on any atom is 0.0749 e. The number of hydrogen-bond donors (Lipinski definition) is 1. The van der Waals surface area contributed by atoms with Gasteiger partial charge in [0.15, 0.2) is 0 Å². The van der Waals surface area contributed by atoms with Crippen LogP contribution in [0.25, 0.3) is 0 Å². The fraction of sp³-hybridized carbons (Fsp3) is 0.571. The summed E-state index contributed by atoms with van der Waals surface area (Å²) in [6.07, 6.45) is 6.64. The second-order valence-electron chi connectivity index (χ2n) is 5.41. The largest absolute Gasteiger partial charge is 0.323 e. The van der Waals surface area contributed by atoms with Gasteiger partial charge in [-0.05, 0) is 41.6 Å². The fourth-order valence-electron chi connectivity index (χ4n) is 2.19. The molecule has 1 aliphatic rings. The van der Waals surface area contributed by atoms with Crippen LogP contribution in [0, 0.1) is 5.41 Å². The van der Waals surface area contributed by atoms with Crippen LogP contribution in [0.4, 0.5) is 0 Å². The molecule has 0 spiro atoms. The number of nitrogens with zero attached hydrogens (tertiary/aromatic N) is 2. The zero-order valence-electron chi connectivity index (χ0n) is 11.5. The monoisotopic (exact) mass is 233 g/mol. The van der Waals surface area contributed by atoms with Crippen molar-refractivity contribution < 1.29 is 0 Å². The van der Waals surface area contributed by atoms with Crippen LogP contribution >= 0.6 is 0 Å². The van der Waals surface area contributed by atoms with Crippen molar-refractivity contribution in [1.29, 1.82) is 0 Å². The van der Waals surface area contributed by atoms with Gasteiger partial charge in [0, 0.05) is 12.4 Å². The lowest BCUT2D eigenvalue weighted by Crippen LogP contribution is -2.22. The van der Waals surface area contributed by atoms with Crippen molar-refractivity contribution in [3.05, 3.63) is 22.8 Å². The second kappa shape index (κ2) is 5.30. The Balaban J connectivity index is 3.23. The van der Waals surface area contributed by atoms with Crippen molar-refractivity contribution in [2.24, 2.45) is 21.4 Å². The molecule has 0 amide bonds. The first-order valence-corrected chi connectivity index (χ1v) is 6.10. The molecule has 0 saturated carbocycles. The predicted octanol–water partition coefficient (Wildman–Crippen LogP) is 3.08. The Labute approximate surface area is 104 Å². The van der Waals surface area contributed by atoms with Gasteiger partial charge in [0.1, 0.15) is 0 Å². The van der Waals surface area contributed by atoms with Crippen molar-refractivity contribution in [3.63, 3.8) is 0 Å². The maximum atomic E-state index is 5.17. The average Bonchev–Trinajstić information content (AvgIpc) is 2.25. The Hall–Kier alpha value is -1.38. The van der Waals surface area contributed by atoms with Crippen molar-refractivity contribution >= 4 is 12.4 Å². The molecule has 2 N–H and O–H groups in total. The average molecular weight is 233 g/mol. The quantitative estimate of drug-likeness (QED) is 0.445. The number of hydrazone groups is 1. The third-order valence-electron chi connectivity index (χ3n) is 3.11. The standard InChI is InChI=1S/C14H23N3/c1-6-13-11(7-8-17-15)10(2)12(9-16-13)14(3,4)5/h7-9,13H,6,15H2,1-5H3/b11-7-,17-8-. The van der Waals surface area contributed by atoms with E-state index in [2.05, 4.69) is 44.7 Å². The van der Waals surface area contributed by atoms with Gasteiger partial charge in [-0.1, -0.05) is 27.7 Å². The van der Waals surface area contributed by atoms with Crippen LogP contribution in [-0.2, 0) is 0 Å². The van der Waals surface area contributed by atoms with Gasteiger partial charge >= 0.3 is 0 Å². The molecule has 1 unspecified atom stereocenters. The number of nitrogens with two attached hydrogens (primary N) is 1. The number of dihydropyridines is 1. The van der Waals surface area contributed by atoms with Gasteiger partial charge in [0.05, 0.1) is 6.04 Å². The van der Waals surface area contributed by atoms with E-state index in [0.29, 0.717) is 0 Å². The van der Waals surface area contributed by atoms with Gasteiger partial charge in [-0.2, -0.15) is 5.10 Å². The molecule has 1 rings (SSSR count). The minimum absolute atomic E-state index is 0.116. The highest BCUT2D eigenvalue weighted by Crippen LogP contribution is 2.34. The number of rotatable bonds is 2. The van der Waals surface area contributed by atoms with E-state index in [1.54, 1.807) is 6.21 Å². The van der Waals surface area contributed by atoms with E-state index in [4.69, 9.17) is 5.84 Å². The summed E-state index contributed by atoms with van der Waals surface area (Å²) in [6.45, 7) is 10.9. The Morgan fingerprint density at radius 2 is 2.12 bits per heavy atom. The Morgan fingerprint density at radius 3 is 2.59 bits per heavy atom. The molecule has 94 valence electrons. The molecular formula is C14H23N3. The van der Waals surface area contributed by atoms with Gasteiger partial charge in [0.25, 0.3) is 0 Å². The van der Waals surface area contributed by atoms with E-state index in [9.17, 15) is 0 Å². The lowest BCUT2D eigenvalue weighted by atomic mass is 9.79. The first-order valence-electron chi connectivity index (χ1n) is 6.10. The highest BCUT2D eigenvalue weighted by atomic mass is 15.1. The summed E-state index contributed by atoms with van der Waals surface area (Å²) in [4.78, 5) is 4.63. The molecule has 0 aromatic carbocycles. The van der Waals surface area contributed by atoms with Gasteiger partial charge < -0.3 is 5.84 Å². The molecule has 1 aliphatic heterocycles. The lowest BCUT2D eigenvalue weighted by molar-refractivity contribution is 0.517. The first-order chi connectivity index (χ1) is 7.91. The van der Waals surface area contributed by atoms with E-state index >= 15 is 0 Å². The van der Waals surface area contributed by atoms with Crippen LogP contribution in [0.2, 0.25) is 0 Å². The summed E-state index contributed by atoms with van der Waals surface area (Å²) in [7, 11) is 0. The molecular weight excluding hydrogens is 210 g/mol. The molecule has 1 atom stereocenters. The van der Waals surface area contributed by atoms with Crippen molar-refractivity contribution in [1.82, 2.24) is 0 Å². The molecule has 0 bridgehead atoms. The Kier molecular flexibility index (Phi) is 4.27. The highest BCUT2D eigenvalue weighted by molar-refractivity contribution is 5.86. The molecule has 0 aromatic rings. The number of hydrogen-bond acceptors (Lipinski definition) is 3. The summed E-state index contributed by atoms with van der Waals surface area (Å²) in [6, 6.07) is 0.235. The molecule has 0 fully saturated rings. The molecule has 3 heteroatoms. The molecule has 0 aliphatic carbocycles. The predicted molar refractivity (Wildman–Crippen MR) is 75.5 cm³/mol. The number of allylic oxidation sites excluding steroid dienone is 2. The Bertz CT molecular complexity index is 392. The van der Waals surface area contributed by atoms with Gasteiger partial charge in [-0.15, -0.1) is 0 Å². The van der Waals surface area contributed by atoms with Crippen LogP contribution in [0.5, 0.6) is 0 Å². The minimum atomic E-state index is 0.116. The summed E-state index contributed by atoms with van der Waals surface area (Å²) >= 11 is 0. The normalized spacial score (nSPS) is 24.1. The van der Waals surface area contributed by atoms with Gasteiger partial charge in [-0.3, -0.25) is 4.99 Å². The van der Waals surface area contributed by atoms with Crippen LogP contribution in [0.15, 0.2) is 32.9 Å². The van der Waals surface area contributed by atoms with E-state index < -0.39 is 0 Å². The molecule has 0 saturated heterocycles. The third kappa shape index (κ3) is 3.05. The van der Waals surface area contributed by atoms with E-state index in [0.717, 1.165) is 6.42 Å². The summed E-state index contributed by atoms with van der Waals surface area (Å²) < 4.78 is 0. The second-order valence-corrected chi connectivity index (χ2v) is 5.41. The molecule has 17 heavy (non-hydrogen) atoms. The molecule has 0 aromatic heterocycles. The van der Waals surface area contributed by atoms with E-state index in [1.807, 2.05) is 12.3 Å². The topological polar surface area (TPSA) is 50.7 Å². The summed E-state index contributed by atoms with van der Waals surface area (Å²) in [5, 5.41) is 3.54. The van der Waals surface area contributed by atoms with Gasteiger partial charge in [0.2, 0.25) is 0 Å². The highest BCUT2D eigenvalue weighted by Gasteiger charge is 2.25. The SMILES string of the molecule is CCC1N=CC(C(C)(C)C)=C(C)/C1=C/C=N\N. The smallest absolute Gasteiger partial charge is 0.0749 e. The Morgan fingerprint density at radius 1 is 1.47 bits per heavy atom. The van der Waals surface area contributed by atoms with Crippen molar-refractivity contribution in [2.75, 3.05) is 0 Å². The first kappa shape index (κ1) is 13.7. The van der Waals surface area contributed by atoms with Crippen molar-refractivity contribution in [2.45, 2.75) is 47.1 Å². The molecule has 3 nitrogen and oxygen atoms in total. The minimum Gasteiger partial charge on any atom is -0.323 e. The van der Waals surface area contributed by atoms with Crippen LogP contribution in [0.1, 0.15) is 41.0 Å². The van der Waals surface area contributed by atoms with Crippen molar-refractivity contribution in [3.8, 4) is 0 Å². The fourth-order valence-corrected chi connectivity index (χ4v) is 2.19. The number of aliphatic imine (C=N–C) groups is 1. The van der Waals surface area contributed by atoms with E-state index in [1.165, 1.54) is 16.7 Å². The summed E-state index contributed by atoms with van der Waals surface area (Å²) in [5.41, 5.74) is 3.94. The molecule has 1 heterocycles. The van der Waals surface area contributed by atoms with Crippen LogP contribution < -0.4 is 5.84 Å². The lowest BCUT2D eigenvalue weighted by Gasteiger charge is -2.29. The molecule has 0 radical (unpaired) electrons.